The molecular weight excluding hydrogens is 548 g/mol. The minimum Gasteiger partial charge on any atom is -0.490 e. The third-order valence-electron chi connectivity index (χ3n) is 7.79. The van der Waals surface area contributed by atoms with Crippen molar-refractivity contribution >= 4 is 31.3 Å². The van der Waals surface area contributed by atoms with Crippen molar-refractivity contribution < 1.29 is 35.1 Å². The minimum absolute atomic E-state index is 0.0109. The van der Waals surface area contributed by atoms with E-state index in [1.165, 1.54) is 24.3 Å². The van der Waals surface area contributed by atoms with Crippen LogP contribution in [0.1, 0.15) is 31.2 Å². The average Bonchev–Trinajstić information content (AvgIpc) is 2.89. The highest BCUT2D eigenvalue weighted by atomic mass is 35.5. The zero-order chi connectivity index (χ0) is 26.4. The fourth-order valence-corrected chi connectivity index (χ4v) is 10.2. The molecule has 5 rings (SSSR count). The third kappa shape index (κ3) is 4.56. The maximum absolute atomic E-state index is 15.4. The van der Waals surface area contributed by atoms with Crippen LogP contribution in [0.15, 0.2) is 41.3 Å². The van der Waals surface area contributed by atoms with Crippen LogP contribution in [0.25, 0.3) is 0 Å². The van der Waals surface area contributed by atoms with E-state index in [1.807, 2.05) is 0 Å². The Kier molecular flexibility index (Phi) is 7.29. The van der Waals surface area contributed by atoms with Gasteiger partial charge in [-0.15, -0.1) is 0 Å². The molecular formula is C25H28ClF2NO6S2. The normalized spacial score (nSPS) is 28.1. The molecule has 1 N–H and O–H groups in total. The van der Waals surface area contributed by atoms with Crippen LogP contribution >= 0.6 is 11.6 Å². The van der Waals surface area contributed by atoms with Gasteiger partial charge in [0.2, 0.25) is 0 Å². The summed E-state index contributed by atoms with van der Waals surface area (Å²) >= 11 is 5.98. The third-order valence-corrected chi connectivity index (χ3v) is 12.8. The lowest BCUT2D eigenvalue weighted by atomic mass is 9.75. The van der Waals surface area contributed by atoms with Crippen LogP contribution in [0.2, 0.25) is 5.02 Å². The quantitative estimate of drug-likeness (QED) is 0.561. The fourth-order valence-electron chi connectivity index (χ4n) is 5.91. The number of nitrogens with one attached hydrogen (secondary N) is 1. The van der Waals surface area contributed by atoms with Gasteiger partial charge in [-0.25, -0.2) is 25.6 Å². The number of rotatable bonds is 6. The number of hydrogen-bond acceptors (Lipinski definition) is 7. The first-order valence-electron chi connectivity index (χ1n) is 12.2. The molecule has 2 aromatic rings. The average molecular weight is 576 g/mol. The summed E-state index contributed by atoms with van der Waals surface area (Å²) in [6.07, 6.45) is 0.314. The molecule has 0 bridgehead atoms. The molecule has 0 aromatic heterocycles. The van der Waals surface area contributed by atoms with Gasteiger partial charge in [-0.1, -0.05) is 11.6 Å². The number of sulfone groups is 2. The van der Waals surface area contributed by atoms with E-state index < -0.39 is 59.1 Å². The van der Waals surface area contributed by atoms with Crippen molar-refractivity contribution in [3.8, 4) is 5.75 Å². The molecule has 12 heteroatoms. The Morgan fingerprint density at radius 3 is 2.49 bits per heavy atom. The van der Waals surface area contributed by atoms with Crippen molar-refractivity contribution in [1.82, 2.24) is 5.32 Å². The van der Waals surface area contributed by atoms with E-state index in [1.54, 1.807) is 0 Å². The Balaban J connectivity index is 1.58. The molecule has 3 aliphatic rings. The number of halogens is 3. The van der Waals surface area contributed by atoms with Gasteiger partial charge in [0.25, 0.3) is 0 Å². The molecule has 2 aromatic carbocycles. The molecule has 2 saturated heterocycles. The molecule has 37 heavy (non-hydrogen) atoms. The van der Waals surface area contributed by atoms with Gasteiger partial charge in [0.1, 0.15) is 10.6 Å². The molecule has 2 fully saturated rings. The van der Waals surface area contributed by atoms with Gasteiger partial charge in [-0.05, 0) is 68.6 Å². The van der Waals surface area contributed by atoms with Crippen LogP contribution in [-0.4, -0.2) is 60.2 Å². The van der Waals surface area contributed by atoms with Gasteiger partial charge < -0.3 is 14.8 Å². The minimum atomic E-state index is -4.35. The van der Waals surface area contributed by atoms with E-state index in [4.69, 9.17) is 21.1 Å². The lowest BCUT2D eigenvalue weighted by Gasteiger charge is -2.50. The molecule has 0 saturated carbocycles. The van der Waals surface area contributed by atoms with E-state index in [9.17, 15) is 21.2 Å². The molecule has 0 aliphatic carbocycles. The first kappa shape index (κ1) is 26.8. The van der Waals surface area contributed by atoms with E-state index >= 15 is 4.39 Å². The smallest absolute Gasteiger partial charge is 0.189 e. The maximum Gasteiger partial charge on any atom is 0.189 e. The van der Waals surface area contributed by atoms with Crippen molar-refractivity contribution in [3.63, 3.8) is 0 Å². The van der Waals surface area contributed by atoms with Gasteiger partial charge >= 0.3 is 0 Å². The number of fused-ring (bicyclic) bond motifs is 3. The first-order valence-corrected chi connectivity index (χ1v) is 15.8. The Morgan fingerprint density at radius 1 is 1.05 bits per heavy atom. The predicted octanol–water partition coefficient (Wildman–Crippen LogP) is 3.64. The molecule has 3 heterocycles. The van der Waals surface area contributed by atoms with Crippen LogP contribution < -0.4 is 10.1 Å². The molecule has 0 spiro atoms. The Hall–Kier alpha value is -1.79. The standard InChI is InChI=1S/C25H28ClF2NO6S2/c26-16-3-5-17(6-4-16)37(32,33)25-10-12-34-22(9-13-36(30,31)18-2-1-11-29-14-18)19(25)15-35-24-21(28)8-7-20(27)23(24)25/h3-8,18-19,22,29H,1-2,9-15H2/t18-,19-,22-,25-/m0/s1. The lowest BCUT2D eigenvalue weighted by molar-refractivity contribution is -0.0732. The molecule has 0 radical (unpaired) electrons. The second-order valence-electron chi connectivity index (χ2n) is 9.78. The van der Waals surface area contributed by atoms with Crippen molar-refractivity contribution in [2.24, 2.45) is 5.92 Å². The monoisotopic (exact) mass is 575 g/mol. The van der Waals surface area contributed by atoms with E-state index in [0.717, 1.165) is 25.1 Å². The molecule has 4 atom stereocenters. The lowest BCUT2D eigenvalue weighted by Crippen LogP contribution is -2.58. The van der Waals surface area contributed by atoms with Crippen LogP contribution in [0.5, 0.6) is 5.75 Å². The van der Waals surface area contributed by atoms with Crippen molar-refractivity contribution in [1.29, 1.82) is 0 Å². The summed E-state index contributed by atoms with van der Waals surface area (Å²) in [6, 6.07) is 7.30. The summed E-state index contributed by atoms with van der Waals surface area (Å²) in [5.41, 5.74) is -0.369. The molecule has 3 aliphatic heterocycles. The maximum atomic E-state index is 15.4. The summed E-state index contributed by atoms with van der Waals surface area (Å²) in [7, 11) is -7.83. The van der Waals surface area contributed by atoms with Gasteiger partial charge in [0.15, 0.2) is 31.2 Å². The summed E-state index contributed by atoms with van der Waals surface area (Å²) in [4.78, 5) is -0.0973. The largest absolute Gasteiger partial charge is 0.490 e. The van der Waals surface area contributed by atoms with Gasteiger partial charge in [0, 0.05) is 24.1 Å². The van der Waals surface area contributed by atoms with Crippen molar-refractivity contribution in [2.45, 2.75) is 46.7 Å². The van der Waals surface area contributed by atoms with E-state index in [-0.39, 0.29) is 42.3 Å². The van der Waals surface area contributed by atoms with Gasteiger partial charge in [-0.2, -0.15) is 0 Å². The number of ether oxygens (including phenoxy) is 2. The van der Waals surface area contributed by atoms with E-state index in [0.29, 0.717) is 18.0 Å². The van der Waals surface area contributed by atoms with Crippen LogP contribution in [0.3, 0.4) is 0 Å². The summed E-state index contributed by atoms with van der Waals surface area (Å²) in [6.45, 7) is 0.793. The summed E-state index contributed by atoms with van der Waals surface area (Å²) in [5.74, 6) is -3.38. The van der Waals surface area contributed by atoms with Crippen LogP contribution in [-0.2, 0) is 29.2 Å². The van der Waals surface area contributed by atoms with Crippen LogP contribution in [0.4, 0.5) is 8.78 Å². The second kappa shape index (κ2) is 10.1. The number of piperidine rings is 1. The topological polar surface area (TPSA) is 98.8 Å². The fraction of sp³-hybridized carbons (Fsp3) is 0.520. The zero-order valence-corrected chi connectivity index (χ0v) is 22.3. The number of benzene rings is 2. The van der Waals surface area contributed by atoms with Crippen molar-refractivity contribution in [2.75, 3.05) is 32.1 Å². The van der Waals surface area contributed by atoms with Crippen LogP contribution in [0, 0.1) is 17.6 Å². The summed E-state index contributed by atoms with van der Waals surface area (Å²) in [5, 5.41) is 2.90. The zero-order valence-electron chi connectivity index (χ0n) is 20.0. The molecule has 202 valence electrons. The molecule has 0 unspecified atom stereocenters. The second-order valence-corrected chi connectivity index (χ2v) is 14.8. The summed E-state index contributed by atoms with van der Waals surface area (Å²) < 4.78 is 94.6. The first-order chi connectivity index (χ1) is 17.6. The predicted molar refractivity (Wildman–Crippen MR) is 134 cm³/mol. The SMILES string of the molecule is O=S(=O)(CC[C@@H]1OCC[C@@]2(S(=O)(=O)c3ccc(Cl)cc3)c3c(F)ccc(F)c3OC[C@@H]12)[C@H]1CCCNC1. The Morgan fingerprint density at radius 2 is 1.78 bits per heavy atom. The van der Waals surface area contributed by atoms with E-state index in [2.05, 4.69) is 5.32 Å². The Labute approximate surface area is 220 Å². The van der Waals surface area contributed by atoms with Gasteiger partial charge in [0.05, 0.1) is 34.2 Å². The molecule has 7 nitrogen and oxygen atoms in total. The Bertz CT molecular complexity index is 1380. The molecule has 0 amide bonds. The highest BCUT2D eigenvalue weighted by Gasteiger charge is 2.61. The van der Waals surface area contributed by atoms with Gasteiger partial charge in [-0.3, -0.25) is 0 Å². The van der Waals surface area contributed by atoms with Crippen molar-refractivity contribution in [3.05, 3.63) is 58.6 Å². The number of hydrogen-bond donors (Lipinski definition) is 1. The highest BCUT2D eigenvalue weighted by molar-refractivity contribution is 7.92. The highest BCUT2D eigenvalue weighted by Crippen LogP contribution is 2.56.